The van der Waals surface area contributed by atoms with Crippen LogP contribution in [0.1, 0.15) is 0 Å². The minimum absolute atomic E-state index is 0.167. The van der Waals surface area contributed by atoms with E-state index >= 15 is 0 Å². The molecular formula is C12H8ClN3O2. The number of hydrogen-bond acceptors (Lipinski definition) is 5. The molecule has 0 bridgehead atoms. The van der Waals surface area contributed by atoms with Gasteiger partial charge in [0.1, 0.15) is 11.1 Å². The molecule has 0 unspecified atom stereocenters. The van der Waals surface area contributed by atoms with E-state index in [-0.39, 0.29) is 5.15 Å². The van der Waals surface area contributed by atoms with Crippen molar-refractivity contribution >= 4 is 22.6 Å². The predicted octanol–water partition coefficient (Wildman–Crippen LogP) is 2.95. The van der Waals surface area contributed by atoms with Crippen molar-refractivity contribution in [2.45, 2.75) is 0 Å². The smallest absolute Gasteiger partial charge is 0.246 e. The number of nitrogens with zero attached hydrogens (tertiary/aromatic N) is 3. The van der Waals surface area contributed by atoms with E-state index in [4.69, 9.17) is 20.9 Å². The van der Waals surface area contributed by atoms with Crippen LogP contribution in [-0.2, 0) is 0 Å². The van der Waals surface area contributed by atoms with Gasteiger partial charge in [-0.05, 0) is 0 Å². The van der Waals surface area contributed by atoms with Crippen molar-refractivity contribution in [2.75, 3.05) is 7.11 Å². The highest BCUT2D eigenvalue weighted by molar-refractivity contribution is 6.33. The van der Waals surface area contributed by atoms with Gasteiger partial charge in [0.25, 0.3) is 0 Å². The summed E-state index contributed by atoms with van der Waals surface area (Å²) in [6.07, 6.45) is 0. The first kappa shape index (κ1) is 11.0. The maximum absolute atomic E-state index is 5.92. The van der Waals surface area contributed by atoms with Crippen molar-refractivity contribution in [3.8, 4) is 17.1 Å². The summed E-state index contributed by atoms with van der Waals surface area (Å²) in [5.74, 6) is 0.342. The van der Waals surface area contributed by atoms with Gasteiger partial charge in [0.15, 0.2) is 5.15 Å². The molecular weight excluding hydrogens is 254 g/mol. The molecule has 18 heavy (non-hydrogen) atoms. The molecule has 2 aromatic heterocycles. The summed E-state index contributed by atoms with van der Waals surface area (Å²) in [4.78, 5) is 0. The third-order valence-corrected chi connectivity index (χ3v) is 2.81. The molecule has 0 fully saturated rings. The van der Waals surface area contributed by atoms with Gasteiger partial charge >= 0.3 is 0 Å². The molecule has 0 spiro atoms. The van der Waals surface area contributed by atoms with Crippen molar-refractivity contribution in [1.29, 1.82) is 0 Å². The highest BCUT2D eigenvalue weighted by Gasteiger charge is 2.19. The molecule has 0 aliphatic rings. The van der Waals surface area contributed by atoms with E-state index in [9.17, 15) is 0 Å². The van der Waals surface area contributed by atoms with Crippen molar-refractivity contribution in [1.82, 2.24) is 15.4 Å². The third kappa shape index (κ3) is 1.60. The zero-order valence-electron chi connectivity index (χ0n) is 9.42. The monoisotopic (exact) mass is 261 g/mol. The Hall–Kier alpha value is -2.14. The average molecular weight is 262 g/mol. The molecule has 0 saturated carbocycles. The summed E-state index contributed by atoms with van der Waals surface area (Å²) < 4.78 is 10.4. The van der Waals surface area contributed by atoms with Gasteiger partial charge in [0.2, 0.25) is 11.5 Å². The first-order valence-electron chi connectivity index (χ1n) is 5.22. The van der Waals surface area contributed by atoms with Crippen LogP contribution in [0.3, 0.4) is 0 Å². The molecule has 3 aromatic rings. The molecule has 0 N–H and O–H groups in total. The summed E-state index contributed by atoms with van der Waals surface area (Å²) in [6.45, 7) is 0. The minimum atomic E-state index is 0.167. The van der Waals surface area contributed by atoms with Crippen LogP contribution in [0.4, 0.5) is 0 Å². The summed E-state index contributed by atoms with van der Waals surface area (Å²) in [7, 11) is 1.51. The molecule has 1 aromatic carbocycles. The number of methoxy groups -OCH3 is 1. The van der Waals surface area contributed by atoms with Crippen LogP contribution in [0, 0.1) is 0 Å². The summed E-state index contributed by atoms with van der Waals surface area (Å²) in [5.41, 5.74) is 1.92. The molecule has 2 heterocycles. The topological polar surface area (TPSA) is 61.0 Å². The number of benzene rings is 1. The Balaban J connectivity index is 2.35. The average Bonchev–Trinajstić information content (AvgIpc) is 2.86. The fourth-order valence-corrected chi connectivity index (χ4v) is 1.92. The van der Waals surface area contributed by atoms with Crippen LogP contribution in [-0.4, -0.2) is 22.5 Å². The van der Waals surface area contributed by atoms with E-state index in [1.54, 1.807) is 0 Å². The van der Waals surface area contributed by atoms with Gasteiger partial charge in [0.05, 0.1) is 7.11 Å². The maximum atomic E-state index is 5.92. The van der Waals surface area contributed by atoms with Crippen molar-refractivity contribution < 1.29 is 9.26 Å². The van der Waals surface area contributed by atoms with Crippen molar-refractivity contribution in [3.05, 3.63) is 35.5 Å². The number of aromatic nitrogens is 3. The van der Waals surface area contributed by atoms with Gasteiger partial charge < -0.3 is 9.26 Å². The minimum Gasteiger partial charge on any atom is -0.479 e. The van der Waals surface area contributed by atoms with Crippen molar-refractivity contribution in [3.63, 3.8) is 0 Å². The van der Waals surface area contributed by atoms with E-state index in [0.29, 0.717) is 22.5 Å². The van der Waals surface area contributed by atoms with Crippen molar-refractivity contribution in [2.24, 2.45) is 0 Å². The van der Waals surface area contributed by atoms with Gasteiger partial charge in [0, 0.05) is 5.56 Å². The van der Waals surface area contributed by atoms with Gasteiger partial charge in [-0.25, -0.2) is 0 Å². The zero-order valence-corrected chi connectivity index (χ0v) is 10.2. The van der Waals surface area contributed by atoms with E-state index in [1.807, 2.05) is 30.3 Å². The summed E-state index contributed by atoms with van der Waals surface area (Å²) in [6, 6.07) is 9.60. The molecule has 0 saturated heterocycles. The lowest BCUT2D eigenvalue weighted by atomic mass is 10.1. The standard InChI is InChI=1S/C12H8ClN3O2/c1-17-12-8-9(7-5-3-2-4-6-7)16-18-10(8)11(13)14-15-12/h2-6H,1H3. The molecule has 6 heteroatoms. The lowest BCUT2D eigenvalue weighted by molar-refractivity contribution is 0.397. The van der Waals surface area contributed by atoms with Crippen LogP contribution >= 0.6 is 11.6 Å². The number of rotatable bonds is 2. The molecule has 5 nitrogen and oxygen atoms in total. The number of ether oxygens (including phenoxy) is 1. The second kappa shape index (κ2) is 4.27. The fourth-order valence-electron chi connectivity index (χ4n) is 1.75. The number of fused-ring (bicyclic) bond motifs is 1. The fraction of sp³-hybridized carbons (Fsp3) is 0.0833. The van der Waals surface area contributed by atoms with Gasteiger partial charge in [-0.2, -0.15) is 0 Å². The van der Waals surface area contributed by atoms with Crippen LogP contribution in [0.25, 0.3) is 22.2 Å². The van der Waals surface area contributed by atoms with Crippen LogP contribution < -0.4 is 4.74 Å². The second-order valence-electron chi connectivity index (χ2n) is 3.60. The van der Waals surface area contributed by atoms with E-state index in [1.165, 1.54) is 7.11 Å². The molecule has 0 aliphatic carbocycles. The van der Waals surface area contributed by atoms with Crippen LogP contribution in [0.15, 0.2) is 34.9 Å². The van der Waals surface area contributed by atoms with E-state index in [2.05, 4.69) is 15.4 Å². The number of hydrogen-bond donors (Lipinski definition) is 0. The third-order valence-electron chi connectivity index (χ3n) is 2.56. The highest BCUT2D eigenvalue weighted by Crippen LogP contribution is 2.35. The first-order valence-corrected chi connectivity index (χ1v) is 5.60. The Morgan fingerprint density at radius 3 is 2.67 bits per heavy atom. The molecule has 0 radical (unpaired) electrons. The molecule has 0 atom stereocenters. The second-order valence-corrected chi connectivity index (χ2v) is 3.96. The molecule has 90 valence electrons. The SMILES string of the molecule is COc1nnc(Cl)c2onc(-c3ccccc3)c12. The van der Waals surface area contributed by atoms with E-state index < -0.39 is 0 Å². The Kier molecular flexibility index (Phi) is 2.60. The van der Waals surface area contributed by atoms with Gasteiger partial charge in [-0.3, -0.25) is 0 Å². The number of halogens is 1. The van der Waals surface area contributed by atoms with E-state index in [0.717, 1.165) is 5.56 Å². The highest BCUT2D eigenvalue weighted by atomic mass is 35.5. The van der Waals surface area contributed by atoms with Crippen LogP contribution in [0.5, 0.6) is 5.88 Å². The zero-order chi connectivity index (χ0) is 12.5. The van der Waals surface area contributed by atoms with Crippen LogP contribution in [0.2, 0.25) is 5.15 Å². The Morgan fingerprint density at radius 1 is 1.17 bits per heavy atom. The Morgan fingerprint density at radius 2 is 1.94 bits per heavy atom. The molecule has 3 rings (SSSR count). The molecule has 0 aliphatic heterocycles. The quantitative estimate of drug-likeness (QED) is 0.710. The normalized spacial score (nSPS) is 10.8. The Bertz CT molecular complexity index is 697. The largest absolute Gasteiger partial charge is 0.479 e. The first-order chi connectivity index (χ1) is 8.81. The lowest BCUT2D eigenvalue weighted by Crippen LogP contribution is -1.92. The lowest BCUT2D eigenvalue weighted by Gasteiger charge is -2.00. The summed E-state index contributed by atoms with van der Waals surface area (Å²) >= 11 is 5.92. The molecule has 0 amide bonds. The Labute approximate surface area is 107 Å². The summed E-state index contributed by atoms with van der Waals surface area (Å²) in [5, 5.41) is 12.4. The van der Waals surface area contributed by atoms with Gasteiger partial charge in [-0.1, -0.05) is 47.1 Å². The predicted molar refractivity (Wildman–Crippen MR) is 66.6 cm³/mol. The van der Waals surface area contributed by atoms with Gasteiger partial charge in [-0.15, -0.1) is 10.2 Å². The maximum Gasteiger partial charge on any atom is 0.246 e.